The standard InChI is InChI=1S/C9H17N/c1-8(2)6-9(8)5-3-4-7(9)10/h7H,3-6,10H2,1-2H3. The van der Waals surface area contributed by atoms with E-state index in [4.69, 9.17) is 5.73 Å². The summed E-state index contributed by atoms with van der Waals surface area (Å²) in [6.07, 6.45) is 5.40. The van der Waals surface area contributed by atoms with Crippen LogP contribution in [0.2, 0.25) is 0 Å². The van der Waals surface area contributed by atoms with Gasteiger partial charge in [-0.15, -0.1) is 0 Å². The van der Waals surface area contributed by atoms with E-state index in [9.17, 15) is 0 Å². The maximum absolute atomic E-state index is 6.05. The van der Waals surface area contributed by atoms with Crippen molar-refractivity contribution in [2.24, 2.45) is 16.6 Å². The van der Waals surface area contributed by atoms with E-state index in [1.807, 2.05) is 0 Å². The molecule has 0 amide bonds. The molecule has 0 aliphatic heterocycles. The molecule has 58 valence electrons. The normalized spacial score (nSPS) is 50.1. The Bertz CT molecular complexity index is 158. The lowest BCUT2D eigenvalue weighted by molar-refractivity contribution is 0.353. The van der Waals surface area contributed by atoms with Gasteiger partial charge in [-0.3, -0.25) is 0 Å². The van der Waals surface area contributed by atoms with Crippen LogP contribution >= 0.6 is 0 Å². The van der Waals surface area contributed by atoms with Gasteiger partial charge >= 0.3 is 0 Å². The Morgan fingerprint density at radius 3 is 2.20 bits per heavy atom. The molecule has 2 fully saturated rings. The van der Waals surface area contributed by atoms with Crippen LogP contribution in [-0.2, 0) is 0 Å². The SMILES string of the molecule is CC1(C)CC12CCCC2N. The van der Waals surface area contributed by atoms with E-state index in [1.165, 1.54) is 25.7 Å². The molecular weight excluding hydrogens is 122 g/mol. The maximum atomic E-state index is 6.05. The zero-order chi connectivity index (χ0) is 7.41. The Morgan fingerprint density at radius 2 is 2.00 bits per heavy atom. The molecule has 1 spiro atoms. The van der Waals surface area contributed by atoms with Crippen LogP contribution < -0.4 is 5.73 Å². The van der Waals surface area contributed by atoms with Crippen LogP contribution in [0.15, 0.2) is 0 Å². The van der Waals surface area contributed by atoms with Crippen molar-refractivity contribution in [3.05, 3.63) is 0 Å². The fourth-order valence-corrected chi connectivity index (χ4v) is 2.90. The van der Waals surface area contributed by atoms with Crippen LogP contribution in [0, 0.1) is 10.8 Å². The molecule has 2 unspecified atom stereocenters. The van der Waals surface area contributed by atoms with Gasteiger partial charge in [-0.25, -0.2) is 0 Å². The lowest BCUT2D eigenvalue weighted by Crippen LogP contribution is -2.29. The van der Waals surface area contributed by atoms with Gasteiger partial charge < -0.3 is 5.73 Å². The second-order valence-corrected chi connectivity index (χ2v) is 4.72. The highest BCUT2D eigenvalue weighted by atomic mass is 14.8. The molecule has 1 nitrogen and oxygen atoms in total. The first kappa shape index (κ1) is 6.66. The molecule has 2 saturated carbocycles. The van der Waals surface area contributed by atoms with Crippen molar-refractivity contribution >= 4 is 0 Å². The summed E-state index contributed by atoms with van der Waals surface area (Å²) in [5, 5.41) is 0. The Balaban J connectivity index is 2.19. The predicted molar refractivity (Wildman–Crippen MR) is 42.7 cm³/mol. The molecule has 0 aromatic rings. The van der Waals surface area contributed by atoms with Crippen molar-refractivity contribution in [1.29, 1.82) is 0 Å². The fourth-order valence-electron chi connectivity index (χ4n) is 2.90. The molecule has 2 aliphatic carbocycles. The molecular formula is C9H17N. The van der Waals surface area contributed by atoms with Gasteiger partial charge in [-0.05, 0) is 30.1 Å². The molecule has 0 heterocycles. The highest BCUT2D eigenvalue weighted by Gasteiger charge is 2.65. The van der Waals surface area contributed by atoms with Crippen molar-refractivity contribution in [1.82, 2.24) is 0 Å². The van der Waals surface area contributed by atoms with Crippen LogP contribution in [-0.4, -0.2) is 6.04 Å². The number of hydrogen-bond acceptors (Lipinski definition) is 1. The third-order valence-electron chi connectivity index (χ3n) is 3.83. The minimum absolute atomic E-state index is 0.516. The molecule has 0 saturated heterocycles. The van der Waals surface area contributed by atoms with Crippen LogP contribution in [0.3, 0.4) is 0 Å². The van der Waals surface area contributed by atoms with Crippen LogP contribution in [0.1, 0.15) is 39.5 Å². The first-order valence-corrected chi connectivity index (χ1v) is 4.34. The van der Waals surface area contributed by atoms with E-state index >= 15 is 0 Å². The van der Waals surface area contributed by atoms with E-state index < -0.39 is 0 Å². The summed E-state index contributed by atoms with van der Waals surface area (Å²) >= 11 is 0. The maximum Gasteiger partial charge on any atom is 0.0101 e. The van der Waals surface area contributed by atoms with Crippen LogP contribution in [0.4, 0.5) is 0 Å². The van der Waals surface area contributed by atoms with Crippen LogP contribution in [0.5, 0.6) is 0 Å². The van der Waals surface area contributed by atoms with E-state index in [0.29, 0.717) is 16.9 Å². The van der Waals surface area contributed by atoms with Gasteiger partial charge in [0.1, 0.15) is 0 Å². The lowest BCUT2D eigenvalue weighted by atomic mass is 9.91. The van der Waals surface area contributed by atoms with Gasteiger partial charge in [0.15, 0.2) is 0 Å². The minimum atomic E-state index is 0.516. The van der Waals surface area contributed by atoms with Crippen molar-refractivity contribution in [3.63, 3.8) is 0 Å². The molecule has 0 aromatic carbocycles. The van der Waals surface area contributed by atoms with Gasteiger partial charge in [0, 0.05) is 6.04 Å². The summed E-state index contributed by atoms with van der Waals surface area (Å²) < 4.78 is 0. The Morgan fingerprint density at radius 1 is 1.40 bits per heavy atom. The summed E-state index contributed by atoms with van der Waals surface area (Å²) in [5.41, 5.74) is 7.20. The van der Waals surface area contributed by atoms with E-state index in [2.05, 4.69) is 13.8 Å². The summed E-state index contributed by atoms with van der Waals surface area (Å²) in [7, 11) is 0. The largest absolute Gasteiger partial charge is 0.327 e. The van der Waals surface area contributed by atoms with Crippen molar-refractivity contribution in [2.75, 3.05) is 0 Å². The molecule has 2 atom stereocenters. The van der Waals surface area contributed by atoms with Gasteiger partial charge in [0.2, 0.25) is 0 Å². The van der Waals surface area contributed by atoms with Gasteiger partial charge in [0.05, 0.1) is 0 Å². The Hall–Kier alpha value is -0.0400. The van der Waals surface area contributed by atoms with E-state index in [0.717, 1.165) is 0 Å². The topological polar surface area (TPSA) is 26.0 Å². The van der Waals surface area contributed by atoms with Crippen molar-refractivity contribution in [3.8, 4) is 0 Å². The number of nitrogens with two attached hydrogens (primary N) is 1. The second kappa shape index (κ2) is 1.58. The molecule has 0 aromatic heterocycles. The van der Waals surface area contributed by atoms with Crippen LogP contribution in [0.25, 0.3) is 0 Å². The fraction of sp³-hybridized carbons (Fsp3) is 1.00. The molecule has 10 heavy (non-hydrogen) atoms. The lowest BCUT2D eigenvalue weighted by Gasteiger charge is -2.18. The average Bonchev–Trinajstić information content (AvgIpc) is 2.12. The zero-order valence-electron chi connectivity index (χ0n) is 6.98. The smallest absolute Gasteiger partial charge is 0.0101 e. The Kier molecular flexibility index (Phi) is 1.05. The highest BCUT2D eigenvalue weighted by molar-refractivity contribution is 5.16. The predicted octanol–water partition coefficient (Wildman–Crippen LogP) is 1.91. The Labute approximate surface area is 63.0 Å². The van der Waals surface area contributed by atoms with Gasteiger partial charge in [0.25, 0.3) is 0 Å². The molecule has 0 bridgehead atoms. The zero-order valence-corrected chi connectivity index (χ0v) is 6.98. The summed E-state index contributed by atoms with van der Waals surface area (Å²) in [4.78, 5) is 0. The first-order chi connectivity index (χ1) is 4.58. The second-order valence-electron chi connectivity index (χ2n) is 4.72. The molecule has 2 aliphatic rings. The first-order valence-electron chi connectivity index (χ1n) is 4.34. The van der Waals surface area contributed by atoms with Crippen molar-refractivity contribution < 1.29 is 0 Å². The van der Waals surface area contributed by atoms with E-state index in [-0.39, 0.29) is 0 Å². The monoisotopic (exact) mass is 139 g/mol. The summed E-state index contributed by atoms with van der Waals surface area (Å²) in [6.45, 7) is 4.72. The molecule has 2 rings (SSSR count). The van der Waals surface area contributed by atoms with Gasteiger partial charge in [-0.2, -0.15) is 0 Å². The van der Waals surface area contributed by atoms with Crippen molar-refractivity contribution in [2.45, 2.75) is 45.6 Å². The third kappa shape index (κ3) is 0.572. The number of rotatable bonds is 0. The summed E-state index contributed by atoms with van der Waals surface area (Å²) in [5.74, 6) is 0. The number of hydrogen-bond donors (Lipinski definition) is 1. The average molecular weight is 139 g/mol. The molecule has 0 radical (unpaired) electrons. The minimum Gasteiger partial charge on any atom is -0.327 e. The highest BCUT2D eigenvalue weighted by Crippen LogP contribution is 2.70. The summed E-state index contributed by atoms with van der Waals surface area (Å²) in [6, 6.07) is 0.516. The van der Waals surface area contributed by atoms with Gasteiger partial charge in [-0.1, -0.05) is 20.3 Å². The van der Waals surface area contributed by atoms with E-state index in [1.54, 1.807) is 0 Å². The third-order valence-corrected chi connectivity index (χ3v) is 3.83. The molecule has 1 heteroatoms. The quantitative estimate of drug-likeness (QED) is 0.545. The molecule has 2 N–H and O–H groups in total.